The maximum absolute atomic E-state index is 11.3. The van der Waals surface area contributed by atoms with Crippen molar-refractivity contribution in [2.75, 3.05) is 13.1 Å². The monoisotopic (exact) mass is 339 g/mol. The minimum absolute atomic E-state index is 0. The molecule has 2 aromatic rings. The number of nitrogens with zero attached hydrogens (tertiary/aromatic N) is 4. The van der Waals surface area contributed by atoms with Crippen molar-refractivity contribution < 1.29 is 14.6 Å². The summed E-state index contributed by atoms with van der Waals surface area (Å²) >= 11 is 0. The molecule has 123 valence electrons. The summed E-state index contributed by atoms with van der Waals surface area (Å²) < 4.78 is 7.25. The molecule has 0 saturated carbocycles. The number of ether oxygens (including phenoxy) is 1. The standard InChI is InChI=1S/C16H20N4O3.Na/c1-11-8-19(9-12(2)23-11)10-13-5-7-20(18-13)15-14(16(21)22)4-3-6-17-15;/h3-7,11-12H,8-10H2,1-2H3,(H,21,22);. The van der Waals surface area contributed by atoms with Crippen molar-refractivity contribution in [3.63, 3.8) is 0 Å². The molecule has 1 radical (unpaired) electrons. The molecule has 0 bridgehead atoms. The van der Waals surface area contributed by atoms with Crippen LogP contribution in [-0.2, 0) is 11.3 Å². The first kappa shape index (κ1) is 19.1. The van der Waals surface area contributed by atoms with Crippen molar-refractivity contribution in [1.82, 2.24) is 19.7 Å². The van der Waals surface area contributed by atoms with Crippen LogP contribution in [0.25, 0.3) is 5.82 Å². The van der Waals surface area contributed by atoms with Crippen LogP contribution in [0.4, 0.5) is 0 Å². The number of carbonyl (C=O) groups is 1. The quantitative estimate of drug-likeness (QED) is 0.843. The third kappa shape index (κ3) is 4.43. The van der Waals surface area contributed by atoms with Gasteiger partial charge in [-0.1, -0.05) is 0 Å². The average Bonchev–Trinajstić information content (AvgIpc) is 2.94. The van der Waals surface area contributed by atoms with Gasteiger partial charge < -0.3 is 9.84 Å². The largest absolute Gasteiger partial charge is 0.478 e. The normalized spacial score (nSPS) is 21.2. The van der Waals surface area contributed by atoms with Crippen molar-refractivity contribution in [1.29, 1.82) is 0 Å². The van der Waals surface area contributed by atoms with E-state index in [2.05, 4.69) is 28.8 Å². The Hall–Kier alpha value is -1.25. The number of carboxylic acids is 1. The molecule has 2 aromatic heterocycles. The second-order valence-electron chi connectivity index (χ2n) is 5.88. The van der Waals surface area contributed by atoms with Crippen LogP contribution >= 0.6 is 0 Å². The van der Waals surface area contributed by atoms with Gasteiger partial charge in [-0.05, 0) is 32.0 Å². The van der Waals surface area contributed by atoms with Crippen molar-refractivity contribution in [3.8, 4) is 5.82 Å². The van der Waals surface area contributed by atoms with Crippen LogP contribution < -0.4 is 0 Å². The van der Waals surface area contributed by atoms with Crippen LogP contribution in [0.3, 0.4) is 0 Å². The molecule has 3 heterocycles. The van der Waals surface area contributed by atoms with E-state index < -0.39 is 5.97 Å². The number of carboxylic acid groups (broad SMARTS) is 1. The maximum Gasteiger partial charge on any atom is 0.339 e. The first-order valence-corrected chi connectivity index (χ1v) is 7.64. The second-order valence-corrected chi connectivity index (χ2v) is 5.88. The smallest absolute Gasteiger partial charge is 0.339 e. The van der Waals surface area contributed by atoms with Gasteiger partial charge in [-0.15, -0.1) is 0 Å². The van der Waals surface area contributed by atoms with Crippen molar-refractivity contribution >= 4 is 35.5 Å². The van der Waals surface area contributed by atoms with Gasteiger partial charge >= 0.3 is 5.97 Å². The number of hydrogen-bond donors (Lipinski definition) is 1. The maximum atomic E-state index is 11.3. The molecular weight excluding hydrogens is 319 g/mol. The van der Waals surface area contributed by atoms with Gasteiger partial charge in [0.05, 0.1) is 17.9 Å². The Morgan fingerprint density at radius 1 is 1.33 bits per heavy atom. The fraction of sp³-hybridized carbons (Fsp3) is 0.438. The summed E-state index contributed by atoms with van der Waals surface area (Å²) in [4.78, 5) is 17.7. The molecule has 2 unspecified atom stereocenters. The third-order valence-corrected chi connectivity index (χ3v) is 3.76. The van der Waals surface area contributed by atoms with Gasteiger partial charge in [-0.3, -0.25) is 4.90 Å². The van der Waals surface area contributed by atoms with Crippen molar-refractivity contribution in [2.24, 2.45) is 0 Å². The molecule has 0 spiro atoms. The fourth-order valence-corrected chi connectivity index (χ4v) is 2.95. The summed E-state index contributed by atoms with van der Waals surface area (Å²) in [6, 6.07) is 5.02. The van der Waals surface area contributed by atoms with E-state index >= 15 is 0 Å². The number of aromatic carboxylic acids is 1. The molecule has 7 nitrogen and oxygen atoms in total. The van der Waals surface area contributed by atoms with Gasteiger partial charge in [0.1, 0.15) is 5.56 Å². The van der Waals surface area contributed by atoms with Crippen LogP contribution in [0.5, 0.6) is 0 Å². The summed E-state index contributed by atoms with van der Waals surface area (Å²) in [5.74, 6) is -0.684. The van der Waals surface area contributed by atoms with E-state index in [1.165, 1.54) is 10.7 Å². The summed E-state index contributed by atoms with van der Waals surface area (Å²) in [7, 11) is 0. The van der Waals surface area contributed by atoms with E-state index in [0.717, 1.165) is 18.8 Å². The van der Waals surface area contributed by atoms with Crippen LogP contribution in [0.15, 0.2) is 30.6 Å². The number of aromatic nitrogens is 3. The minimum Gasteiger partial charge on any atom is -0.478 e. The zero-order chi connectivity index (χ0) is 16.4. The van der Waals surface area contributed by atoms with E-state index in [4.69, 9.17) is 4.74 Å². The number of hydrogen-bond acceptors (Lipinski definition) is 5. The Bertz CT molecular complexity index is 696. The zero-order valence-corrected chi connectivity index (χ0v) is 16.2. The summed E-state index contributed by atoms with van der Waals surface area (Å²) in [6.45, 7) is 6.56. The van der Waals surface area contributed by atoms with Gasteiger partial charge in [0.2, 0.25) is 0 Å². The molecule has 0 aromatic carbocycles. The molecule has 1 saturated heterocycles. The molecular formula is C16H20N4NaO3. The van der Waals surface area contributed by atoms with Gasteiger partial charge in [0.25, 0.3) is 0 Å². The van der Waals surface area contributed by atoms with Gasteiger partial charge in [0, 0.05) is 61.6 Å². The molecule has 1 fully saturated rings. The van der Waals surface area contributed by atoms with E-state index in [1.807, 2.05) is 6.07 Å². The Morgan fingerprint density at radius 3 is 2.71 bits per heavy atom. The number of rotatable bonds is 4. The predicted octanol–water partition coefficient (Wildman–Crippen LogP) is 1.19. The first-order valence-electron chi connectivity index (χ1n) is 7.64. The molecule has 1 N–H and O–H groups in total. The van der Waals surface area contributed by atoms with Crippen LogP contribution in [-0.4, -0.2) is 85.6 Å². The topological polar surface area (TPSA) is 80.5 Å². The van der Waals surface area contributed by atoms with Crippen LogP contribution in [0, 0.1) is 0 Å². The zero-order valence-electron chi connectivity index (χ0n) is 14.2. The minimum atomic E-state index is -1.01. The molecule has 0 amide bonds. The Labute approximate surface area is 162 Å². The summed E-state index contributed by atoms with van der Waals surface area (Å²) in [5.41, 5.74) is 1.02. The molecule has 24 heavy (non-hydrogen) atoms. The number of morpholine rings is 1. The first-order chi connectivity index (χ1) is 11.0. The SMILES string of the molecule is CC1CN(Cc2ccn(-c3ncccc3C(=O)O)n2)CC(C)O1.[Na]. The fourth-order valence-electron chi connectivity index (χ4n) is 2.95. The Balaban J connectivity index is 0.00000208. The molecule has 2 atom stereocenters. The van der Waals surface area contributed by atoms with E-state index in [9.17, 15) is 9.90 Å². The molecule has 3 rings (SSSR count). The van der Waals surface area contributed by atoms with Gasteiger partial charge in [-0.25, -0.2) is 14.5 Å². The molecule has 1 aliphatic heterocycles. The van der Waals surface area contributed by atoms with Crippen LogP contribution in [0.1, 0.15) is 29.9 Å². The predicted molar refractivity (Wildman–Crippen MR) is 89.4 cm³/mol. The van der Waals surface area contributed by atoms with Crippen LogP contribution in [0.2, 0.25) is 0 Å². The number of pyridine rings is 1. The average molecular weight is 339 g/mol. The van der Waals surface area contributed by atoms with Gasteiger partial charge in [-0.2, -0.15) is 5.10 Å². The third-order valence-electron chi connectivity index (χ3n) is 3.76. The second kappa shape index (κ2) is 8.22. The van der Waals surface area contributed by atoms with E-state index in [-0.39, 0.29) is 47.3 Å². The van der Waals surface area contributed by atoms with Gasteiger partial charge in [0.15, 0.2) is 5.82 Å². The molecule has 1 aliphatic rings. The molecule has 0 aliphatic carbocycles. The molecule has 8 heteroatoms. The Kier molecular flexibility index (Phi) is 6.54. The van der Waals surface area contributed by atoms with Crippen molar-refractivity contribution in [2.45, 2.75) is 32.6 Å². The Morgan fingerprint density at radius 2 is 2.04 bits per heavy atom. The summed E-state index contributed by atoms with van der Waals surface area (Å²) in [5, 5.41) is 13.7. The summed E-state index contributed by atoms with van der Waals surface area (Å²) in [6.07, 6.45) is 3.72. The van der Waals surface area contributed by atoms with E-state index in [0.29, 0.717) is 12.4 Å². The van der Waals surface area contributed by atoms with E-state index in [1.54, 1.807) is 18.5 Å². The van der Waals surface area contributed by atoms with Crippen molar-refractivity contribution in [3.05, 3.63) is 41.9 Å².